The van der Waals surface area contributed by atoms with Crippen LogP contribution in [0.15, 0.2) is 0 Å². The summed E-state index contributed by atoms with van der Waals surface area (Å²) in [6.45, 7) is 4.66. The first-order valence-electron chi connectivity index (χ1n) is 5.79. The zero-order valence-electron chi connectivity index (χ0n) is 8.81. The summed E-state index contributed by atoms with van der Waals surface area (Å²) < 4.78 is 0. The summed E-state index contributed by atoms with van der Waals surface area (Å²) in [4.78, 5) is 0. The number of rotatable bonds is 5. The Labute approximate surface area is 77.7 Å². The Hall–Kier alpha value is 0. The fourth-order valence-electron chi connectivity index (χ4n) is 2.28. The number of unbranched alkanes of at least 4 members (excludes halogenated alkanes) is 1. The molecule has 0 radical (unpaired) electrons. The first kappa shape index (κ1) is 10.1. The van der Waals surface area contributed by atoms with E-state index in [9.17, 15) is 0 Å². The minimum Gasteiger partial charge on any atom is -0.0628 e. The van der Waals surface area contributed by atoms with Gasteiger partial charge in [-0.05, 0) is 11.8 Å². The minimum atomic E-state index is 0.911. The second kappa shape index (κ2) is 5.61. The minimum absolute atomic E-state index is 0.911. The summed E-state index contributed by atoms with van der Waals surface area (Å²) in [5, 5.41) is 0. The SMILES string of the molecule is CC(C)CCCCC1CCCC1. The molecular weight excluding hydrogens is 144 g/mol. The molecule has 0 aromatic rings. The third-order valence-electron chi connectivity index (χ3n) is 3.12. The van der Waals surface area contributed by atoms with Gasteiger partial charge >= 0.3 is 0 Å². The molecule has 0 atom stereocenters. The monoisotopic (exact) mass is 168 g/mol. The zero-order valence-corrected chi connectivity index (χ0v) is 8.81. The number of hydrogen-bond donors (Lipinski definition) is 0. The lowest BCUT2D eigenvalue weighted by Crippen LogP contribution is -1.94. The van der Waals surface area contributed by atoms with Crippen LogP contribution in [0.5, 0.6) is 0 Å². The lowest BCUT2D eigenvalue weighted by atomic mass is 9.98. The fraction of sp³-hybridized carbons (Fsp3) is 1.00. The molecule has 0 bridgehead atoms. The molecule has 1 rings (SSSR count). The average Bonchev–Trinajstić information content (AvgIpc) is 2.49. The van der Waals surface area contributed by atoms with Crippen LogP contribution in [-0.2, 0) is 0 Å². The summed E-state index contributed by atoms with van der Waals surface area (Å²) >= 11 is 0. The molecule has 0 amide bonds. The van der Waals surface area contributed by atoms with Crippen molar-refractivity contribution >= 4 is 0 Å². The lowest BCUT2D eigenvalue weighted by molar-refractivity contribution is 0.446. The van der Waals surface area contributed by atoms with Gasteiger partial charge in [-0.15, -0.1) is 0 Å². The fourth-order valence-corrected chi connectivity index (χ4v) is 2.28. The predicted molar refractivity (Wildman–Crippen MR) is 55.3 cm³/mol. The second-order valence-corrected chi connectivity index (χ2v) is 4.83. The van der Waals surface area contributed by atoms with Crippen molar-refractivity contribution in [2.75, 3.05) is 0 Å². The zero-order chi connectivity index (χ0) is 8.81. The molecule has 1 saturated carbocycles. The molecule has 1 aliphatic rings. The molecule has 0 saturated heterocycles. The molecule has 0 heteroatoms. The molecule has 0 unspecified atom stereocenters. The van der Waals surface area contributed by atoms with Gasteiger partial charge in [0.15, 0.2) is 0 Å². The maximum absolute atomic E-state index is 2.33. The third-order valence-corrected chi connectivity index (χ3v) is 3.12. The maximum atomic E-state index is 2.33. The molecule has 72 valence electrons. The van der Waals surface area contributed by atoms with E-state index in [1.165, 1.54) is 51.4 Å². The van der Waals surface area contributed by atoms with Gasteiger partial charge in [0.25, 0.3) is 0 Å². The number of hydrogen-bond acceptors (Lipinski definition) is 0. The smallest absolute Gasteiger partial charge is 0.0414 e. The van der Waals surface area contributed by atoms with Gasteiger partial charge in [0.2, 0.25) is 0 Å². The third kappa shape index (κ3) is 4.13. The Morgan fingerprint density at radius 1 is 1.08 bits per heavy atom. The first-order valence-corrected chi connectivity index (χ1v) is 5.79. The molecule has 12 heavy (non-hydrogen) atoms. The first-order chi connectivity index (χ1) is 5.79. The molecule has 0 N–H and O–H groups in total. The molecule has 0 aromatic heterocycles. The molecule has 0 aliphatic heterocycles. The van der Waals surface area contributed by atoms with Gasteiger partial charge in [-0.1, -0.05) is 65.2 Å². The summed E-state index contributed by atoms with van der Waals surface area (Å²) in [5.41, 5.74) is 0. The van der Waals surface area contributed by atoms with Crippen LogP contribution in [0.2, 0.25) is 0 Å². The van der Waals surface area contributed by atoms with E-state index < -0.39 is 0 Å². The van der Waals surface area contributed by atoms with Crippen LogP contribution in [0.4, 0.5) is 0 Å². The molecule has 0 aromatic carbocycles. The predicted octanol–water partition coefficient (Wildman–Crippen LogP) is 4.39. The van der Waals surface area contributed by atoms with E-state index in [1.54, 1.807) is 0 Å². The molecular formula is C12H24. The quantitative estimate of drug-likeness (QED) is 0.534. The van der Waals surface area contributed by atoms with Crippen molar-refractivity contribution in [1.82, 2.24) is 0 Å². The van der Waals surface area contributed by atoms with Crippen LogP contribution in [0.3, 0.4) is 0 Å². The topological polar surface area (TPSA) is 0 Å². The van der Waals surface area contributed by atoms with E-state index in [0.717, 1.165) is 11.8 Å². The Balaban J connectivity index is 1.88. The lowest BCUT2D eigenvalue weighted by Gasteiger charge is -2.08. The Kier molecular flexibility index (Phi) is 4.72. The summed E-state index contributed by atoms with van der Waals surface area (Å²) in [6.07, 6.45) is 12.0. The van der Waals surface area contributed by atoms with E-state index in [1.807, 2.05) is 0 Å². The second-order valence-electron chi connectivity index (χ2n) is 4.83. The molecule has 0 spiro atoms. The van der Waals surface area contributed by atoms with E-state index >= 15 is 0 Å². The molecule has 0 nitrogen and oxygen atoms in total. The van der Waals surface area contributed by atoms with Crippen molar-refractivity contribution in [2.24, 2.45) is 11.8 Å². The van der Waals surface area contributed by atoms with Crippen molar-refractivity contribution in [3.8, 4) is 0 Å². The molecule has 0 heterocycles. The standard InChI is InChI=1S/C12H24/c1-11(2)7-3-4-8-12-9-5-6-10-12/h11-12H,3-10H2,1-2H3. The van der Waals surface area contributed by atoms with Gasteiger partial charge in [-0.2, -0.15) is 0 Å². The summed E-state index contributed by atoms with van der Waals surface area (Å²) in [5.74, 6) is 2.02. The highest BCUT2D eigenvalue weighted by Crippen LogP contribution is 2.29. The van der Waals surface area contributed by atoms with Crippen molar-refractivity contribution < 1.29 is 0 Å². The normalized spacial score (nSPS) is 19.2. The van der Waals surface area contributed by atoms with E-state index in [4.69, 9.17) is 0 Å². The van der Waals surface area contributed by atoms with Gasteiger partial charge < -0.3 is 0 Å². The van der Waals surface area contributed by atoms with E-state index in [0.29, 0.717) is 0 Å². The van der Waals surface area contributed by atoms with Crippen LogP contribution in [0, 0.1) is 11.8 Å². The average molecular weight is 168 g/mol. The molecule has 1 fully saturated rings. The van der Waals surface area contributed by atoms with Crippen LogP contribution < -0.4 is 0 Å². The highest BCUT2D eigenvalue weighted by Gasteiger charge is 2.13. The highest BCUT2D eigenvalue weighted by molar-refractivity contribution is 4.67. The van der Waals surface area contributed by atoms with Gasteiger partial charge in [-0.25, -0.2) is 0 Å². The highest BCUT2D eigenvalue weighted by atomic mass is 14.2. The summed E-state index contributed by atoms with van der Waals surface area (Å²) in [7, 11) is 0. The van der Waals surface area contributed by atoms with Gasteiger partial charge in [-0.3, -0.25) is 0 Å². The van der Waals surface area contributed by atoms with Crippen molar-refractivity contribution in [2.45, 2.75) is 65.2 Å². The van der Waals surface area contributed by atoms with Crippen LogP contribution in [0.25, 0.3) is 0 Å². The Bertz CT molecular complexity index is 98.6. The summed E-state index contributed by atoms with van der Waals surface area (Å²) in [6, 6.07) is 0. The Morgan fingerprint density at radius 2 is 1.75 bits per heavy atom. The Morgan fingerprint density at radius 3 is 2.33 bits per heavy atom. The van der Waals surface area contributed by atoms with Crippen LogP contribution in [0.1, 0.15) is 65.2 Å². The van der Waals surface area contributed by atoms with Gasteiger partial charge in [0, 0.05) is 0 Å². The van der Waals surface area contributed by atoms with Crippen molar-refractivity contribution in [1.29, 1.82) is 0 Å². The van der Waals surface area contributed by atoms with Gasteiger partial charge in [0.1, 0.15) is 0 Å². The molecule has 1 aliphatic carbocycles. The van der Waals surface area contributed by atoms with E-state index in [2.05, 4.69) is 13.8 Å². The van der Waals surface area contributed by atoms with Crippen LogP contribution in [-0.4, -0.2) is 0 Å². The van der Waals surface area contributed by atoms with Gasteiger partial charge in [0.05, 0.1) is 0 Å². The maximum Gasteiger partial charge on any atom is -0.0414 e. The van der Waals surface area contributed by atoms with Crippen molar-refractivity contribution in [3.05, 3.63) is 0 Å². The van der Waals surface area contributed by atoms with Crippen LogP contribution >= 0.6 is 0 Å². The van der Waals surface area contributed by atoms with Crippen molar-refractivity contribution in [3.63, 3.8) is 0 Å². The largest absolute Gasteiger partial charge is 0.0628 e. The van der Waals surface area contributed by atoms with E-state index in [-0.39, 0.29) is 0 Å².